The van der Waals surface area contributed by atoms with Gasteiger partial charge in [-0.05, 0) is 26.1 Å². The standard InChI is InChI=1S/C12H17N5O/c1-9-15-16-12(17(9)3)8-18-11-5-4-10(6-13-2)14-7-11/h4-5,7,13H,6,8H2,1-3H3. The van der Waals surface area contributed by atoms with Gasteiger partial charge >= 0.3 is 0 Å². The SMILES string of the molecule is CNCc1ccc(OCc2nnc(C)n2C)cn1. The fourth-order valence-electron chi connectivity index (χ4n) is 1.51. The van der Waals surface area contributed by atoms with Crippen molar-refractivity contribution in [2.24, 2.45) is 7.05 Å². The van der Waals surface area contributed by atoms with Crippen LogP contribution in [0.15, 0.2) is 18.3 Å². The van der Waals surface area contributed by atoms with E-state index in [1.807, 2.05) is 37.7 Å². The van der Waals surface area contributed by atoms with Gasteiger partial charge in [0.15, 0.2) is 5.82 Å². The van der Waals surface area contributed by atoms with Crippen molar-refractivity contribution in [2.45, 2.75) is 20.1 Å². The summed E-state index contributed by atoms with van der Waals surface area (Å²) >= 11 is 0. The largest absolute Gasteiger partial charge is 0.484 e. The molecule has 0 spiro atoms. The summed E-state index contributed by atoms with van der Waals surface area (Å²) in [7, 11) is 3.81. The Hall–Kier alpha value is -1.95. The lowest BCUT2D eigenvalue weighted by Gasteiger charge is -2.06. The molecular weight excluding hydrogens is 230 g/mol. The second kappa shape index (κ2) is 5.59. The summed E-state index contributed by atoms with van der Waals surface area (Å²) in [6.07, 6.45) is 1.72. The molecule has 0 saturated heterocycles. The molecule has 1 N–H and O–H groups in total. The normalized spacial score (nSPS) is 10.6. The van der Waals surface area contributed by atoms with Crippen molar-refractivity contribution < 1.29 is 4.74 Å². The van der Waals surface area contributed by atoms with E-state index in [4.69, 9.17) is 4.74 Å². The quantitative estimate of drug-likeness (QED) is 0.847. The maximum absolute atomic E-state index is 5.61. The van der Waals surface area contributed by atoms with Crippen LogP contribution in [0.3, 0.4) is 0 Å². The first-order chi connectivity index (χ1) is 8.70. The second-order valence-corrected chi connectivity index (χ2v) is 4.03. The molecule has 0 radical (unpaired) electrons. The van der Waals surface area contributed by atoms with E-state index in [0.29, 0.717) is 6.61 Å². The van der Waals surface area contributed by atoms with Gasteiger partial charge < -0.3 is 14.6 Å². The summed E-state index contributed by atoms with van der Waals surface area (Å²) < 4.78 is 7.52. The van der Waals surface area contributed by atoms with E-state index >= 15 is 0 Å². The number of aromatic nitrogens is 4. The lowest BCUT2D eigenvalue weighted by molar-refractivity contribution is 0.289. The maximum Gasteiger partial charge on any atom is 0.170 e. The van der Waals surface area contributed by atoms with E-state index in [0.717, 1.165) is 29.6 Å². The molecule has 18 heavy (non-hydrogen) atoms. The molecule has 0 fully saturated rings. The molecule has 2 rings (SSSR count). The predicted octanol–water partition coefficient (Wildman–Crippen LogP) is 0.817. The minimum atomic E-state index is 0.393. The van der Waals surface area contributed by atoms with Crippen LogP contribution in [0.5, 0.6) is 5.75 Å². The van der Waals surface area contributed by atoms with E-state index < -0.39 is 0 Å². The Balaban J connectivity index is 1.96. The highest BCUT2D eigenvalue weighted by atomic mass is 16.5. The van der Waals surface area contributed by atoms with Gasteiger partial charge in [-0.25, -0.2) is 0 Å². The van der Waals surface area contributed by atoms with Crippen molar-refractivity contribution in [3.05, 3.63) is 35.7 Å². The Morgan fingerprint density at radius 1 is 1.33 bits per heavy atom. The Kier molecular flexibility index (Phi) is 3.88. The highest BCUT2D eigenvalue weighted by Crippen LogP contribution is 2.11. The van der Waals surface area contributed by atoms with Gasteiger partial charge in [0.05, 0.1) is 11.9 Å². The summed E-state index contributed by atoms with van der Waals surface area (Å²) in [5.74, 6) is 2.40. The van der Waals surface area contributed by atoms with Crippen LogP contribution in [0, 0.1) is 6.92 Å². The minimum absolute atomic E-state index is 0.393. The zero-order chi connectivity index (χ0) is 13.0. The third kappa shape index (κ3) is 2.84. The van der Waals surface area contributed by atoms with E-state index in [1.165, 1.54) is 0 Å². The number of aryl methyl sites for hydroxylation is 1. The second-order valence-electron chi connectivity index (χ2n) is 4.03. The number of nitrogens with zero attached hydrogens (tertiary/aromatic N) is 4. The van der Waals surface area contributed by atoms with Crippen molar-refractivity contribution in [1.82, 2.24) is 25.1 Å². The molecule has 0 atom stereocenters. The van der Waals surface area contributed by atoms with Gasteiger partial charge in [0.25, 0.3) is 0 Å². The zero-order valence-electron chi connectivity index (χ0n) is 10.8. The first-order valence-electron chi connectivity index (χ1n) is 5.78. The highest BCUT2D eigenvalue weighted by Gasteiger charge is 2.05. The zero-order valence-corrected chi connectivity index (χ0v) is 10.8. The van der Waals surface area contributed by atoms with Crippen LogP contribution in [0.4, 0.5) is 0 Å². The minimum Gasteiger partial charge on any atom is -0.484 e. The van der Waals surface area contributed by atoms with Gasteiger partial charge in [-0.15, -0.1) is 10.2 Å². The van der Waals surface area contributed by atoms with Crippen LogP contribution in [-0.2, 0) is 20.2 Å². The first kappa shape index (κ1) is 12.5. The van der Waals surface area contributed by atoms with Crippen LogP contribution in [0.25, 0.3) is 0 Å². The summed E-state index contributed by atoms with van der Waals surface area (Å²) in [6.45, 7) is 3.05. The number of hydrogen-bond donors (Lipinski definition) is 1. The fourth-order valence-corrected chi connectivity index (χ4v) is 1.51. The summed E-state index contributed by atoms with van der Waals surface area (Å²) in [4.78, 5) is 4.28. The van der Waals surface area contributed by atoms with Gasteiger partial charge in [0.1, 0.15) is 18.2 Å². The molecule has 0 unspecified atom stereocenters. The van der Waals surface area contributed by atoms with Crippen LogP contribution < -0.4 is 10.1 Å². The molecule has 6 nitrogen and oxygen atoms in total. The van der Waals surface area contributed by atoms with E-state index in [2.05, 4.69) is 20.5 Å². The number of hydrogen-bond acceptors (Lipinski definition) is 5. The molecule has 2 aromatic heterocycles. The molecule has 2 heterocycles. The molecular formula is C12H17N5O. The predicted molar refractivity (Wildman–Crippen MR) is 67.1 cm³/mol. The van der Waals surface area contributed by atoms with Crippen LogP contribution >= 0.6 is 0 Å². The summed E-state index contributed by atoms with van der Waals surface area (Å²) in [6, 6.07) is 3.84. The Morgan fingerprint density at radius 2 is 2.17 bits per heavy atom. The summed E-state index contributed by atoms with van der Waals surface area (Å²) in [5.41, 5.74) is 0.986. The molecule has 0 aromatic carbocycles. The number of ether oxygens (including phenoxy) is 1. The Bertz CT molecular complexity index is 506. The molecule has 0 saturated carbocycles. The molecule has 6 heteroatoms. The number of pyridine rings is 1. The van der Waals surface area contributed by atoms with Crippen LogP contribution in [0.2, 0.25) is 0 Å². The van der Waals surface area contributed by atoms with Crippen molar-refractivity contribution in [3.8, 4) is 5.75 Å². The monoisotopic (exact) mass is 247 g/mol. The Labute approximate surface area is 106 Å². The van der Waals surface area contributed by atoms with E-state index in [1.54, 1.807) is 6.20 Å². The molecule has 0 aliphatic rings. The van der Waals surface area contributed by atoms with E-state index in [-0.39, 0.29) is 0 Å². The van der Waals surface area contributed by atoms with Gasteiger partial charge in [-0.3, -0.25) is 4.98 Å². The maximum atomic E-state index is 5.61. The third-order valence-corrected chi connectivity index (χ3v) is 2.71. The molecule has 96 valence electrons. The average Bonchev–Trinajstić information content (AvgIpc) is 2.70. The topological polar surface area (TPSA) is 64.9 Å². The third-order valence-electron chi connectivity index (χ3n) is 2.71. The fraction of sp³-hybridized carbons (Fsp3) is 0.417. The van der Waals surface area contributed by atoms with Gasteiger partial charge in [0.2, 0.25) is 0 Å². The number of nitrogens with one attached hydrogen (secondary N) is 1. The van der Waals surface area contributed by atoms with Crippen molar-refractivity contribution >= 4 is 0 Å². The van der Waals surface area contributed by atoms with Crippen molar-refractivity contribution in [3.63, 3.8) is 0 Å². The molecule has 0 aliphatic heterocycles. The van der Waals surface area contributed by atoms with Crippen LogP contribution in [-0.4, -0.2) is 26.8 Å². The molecule has 0 amide bonds. The smallest absolute Gasteiger partial charge is 0.170 e. The van der Waals surface area contributed by atoms with Gasteiger partial charge in [-0.2, -0.15) is 0 Å². The highest BCUT2D eigenvalue weighted by molar-refractivity contribution is 5.19. The number of rotatable bonds is 5. The first-order valence-corrected chi connectivity index (χ1v) is 5.78. The van der Waals surface area contributed by atoms with Crippen molar-refractivity contribution in [1.29, 1.82) is 0 Å². The lowest BCUT2D eigenvalue weighted by atomic mass is 10.3. The molecule has 0 aliphatic carbocycles. The van der Waals surface area contributed by atoms with Gasteiger partial charge in [-0.1, -0.05) is 0 Å². The molecule has 0 bridgehead atoms. The van der Waals surface area contributed by atoms with E-state index in [9.17, 15) is 0 Å². The average molecular weight is 247 g/mol. The van der Waals surface area contributed by atoms with Crippen molar-refractivity contribution in [2.75, 3.05) is 7.05 Å². The lowest BCUT2D eigenvalue weighted by Crippen LogP contribution is -2.07. The van der Waals surface area contributed by atoms with Gasteiger partial charge in [0, 0.05) is 13.6 Å². The van der Waals surface area contributed by atoms with Crippen LogP contribution in [0.1, 0.15) is 17.3 Å². The summed E-state index contributed by atoms with van der Waals surface area (Å²) in [5, 5.41) is 11.1. The molecule has 2 aromatic rings. The Morgan fingerprint density at radius 3 is 2.72 bits per heavy atom.